The van der Waals surface area contributed by atoms with E-state index in [1.807, 2.05) is 26.8 Å². The van der Waals surface area contributed by atoms with E-state index in [1.54, 1.807) is 6.08 Å². The topological polar surface area (TPSA) is 113 Å². The van der Waals surface area contributed by atoms with Gasteiger partial charge in [0.1, 0.15) is 29.7 Å². The van der Waals surface area contributed by atoms with Gasteiger partial charge in [0.15, 0.2) is 0 Å². The number of fused-ring (bicyclic) bond motifs is 3. The normalized spacial score (nSPS) is 23.6. The summed E-state index contributed by atoms with van der Waals surface area (Å²) in [5.41, 5.74) is 3.44. The molecule has 0 spiro atoms. The minimum absolute atomic E-state index is 0.0780. The van der Waals surface area contributed by atoms with Crippen molar-refractivity contribution in [3.8, 4) is 11.5 Å². The first-order valence-electron chi connectivity index (χ1n) is 26.5. The van der Waals surface area contributed by atoms with Crippen LogP contribution in [0.3, 0.4) is 0 Å². The average molecular weight is 934 g/mol. The quantitative estimate of drug-likeness (QED) is 0.0306. The van der Waals surface area contributed by atoms with Crippen molar-refractivity contribution in [3.63, 3.8) is 0 Å². The largest absolute Gasteiger partial charge is 0.492 e. The summed E-state index contributed by atoms with van der Waals surface area (Å²) < 4.78 is 21.4. The maximum Gasteiger partial charge on any atom is 0.239 e. The Hall–Kier alpha value is -4.22. The molecule has 2 aliphatic carbocycles. The second kappa shape index (κ2) is 25.1. The molecule has 0 unspecified atom stereocenters. The van der Waals surface area contributed by atoms with E-state index in [0.29, 0.717) is 32.4 Å². The van der Waals surface area contributed by atoms with Gasteiger partial charge in [-0.05, 0) is 105 Å². The van der Waals surface area contributed by atoms with Gasteiger partial charge in [0.25, 0.3) is 0 Å². The minimum atomic E-state index is -1.33. The Morgan fingerprint density at radius 2 is 1.63 bits per heavy atom. The molecule has 3 aromatic rings. The molecular weight excluding hydrogens is 851 g/mol. The Morgan fingerprint density at radius 3 is 2.35 bits per heavy atom. The molecule has 3 aromatic carbocycles. The number of ether oxygens (including phenoxy) is 3. The zero-order valence-corrected chi connectivity index (χ0v) is 42.0. The van der Waals surface area contributed by atoms with Crippen LogP contribution in [0.15, 0.2) is 90.1 Å². The van der Waals surface area contributed by atoms with Crippen molar-refractivity contribution in [3.05, 3.63) is 96.1 Å². The zero-order chi connectivity index (χ0) is 47.9. The van der Waals surface area contributed by atoms with Crippen LogP contribution in [0.2, 0.25) is 0 Å². The number of rotatable bonds is 29. The van der Waals surface area contributed by atoms with Crippen molar-refractivity contribution in [1.82, 2.24) is 9.80 Å². The van der Waals surface area contributed by atoms with Gasteiger partial charge in [-0.25, -0.2) is 0 Å². The number of oxime groups is 1. The summed E-state index contributed by atoms with van der Waals surface area (Å²) >= 11 is 0. The molecule has 1 saturated heterocycles. The SMILES string of the molecule is C=CCO[C@@]12Oc3ccc(OCCN4CC4)cc3[C@H]3[C@H](CCCCO)[C@@H](CCCCO)C=C(C(=NOC(C)(C)C)C[C@@H]1N(Cc1cccc4ccccc14)C(=O)CCCCCCCCCCC)[C@H]32. The lowest BCUT2D eigenvalue weighted by Crippen LogP contribution is -2.70. The number of amides is 1. The van der Waals surface area contributed by atoms with Crippen molar-refractivity contribution < 1.29 is 34.1 Å². The Bertz CT molecular complexity index is 2140. The molecule has 2 fully saturated rings. The molecule has 4 aliphatic rings. The van der Waals surface area contributed by atoms with E-state index in [9.17, 15) is 10.2 Å². The van der Waals surface area contributed by atoms with Crippen molar-refractivity contribution >= 4 is 22.4 Å². The van der Waals surface area contributed by atoms with Crippen LogP contribution < -0.4 is 9.47 Å². The summed E-state index contributed by atoms with van der Waals surface area (Å²) in [7, 11) is 0. The van der Waals surface area contributed by atoms with Gasteiger partial charge in [-0.15, -0.1) is 6.58 Å². The Balaban J connectivity index is 1.38. The lowest BCUT2D eigenvalue weighted by molar-refractivity contribution is -0.258. The molecule has 68 heavy (non-hydrogen) atoms. The second-order valence-corrected chi connectivity index (χ2v) is 20.9. The predicted molar refractivity (Wildman–Crippen MR) is 274 cm³/mol. The summed E-state index contributed by atoms with van der Waals surface area (Å²) in [5.74, 6) is 0.0655. The van der Waals surface area contributed by atoms with Gasteiger partial charge in [0.2, 0.25) is 11.7 Å². The number of hydrogen-bond acceptors (Lipinski definition) is 9. The molecule has 1 amide bonds. The first kappa shape index (κ1) is 51.6. The average Bonchev–Trinajstić information content (AvgIpc) is 4.17. The number of nitrogens with zero attached hydrogens (tertiary/aromatic N) is 3. The van der Waals surface area contributed by atoms with E-state index in [1.165, 1.54) is 38.5 Å². The predicted octanol–water partition coefficient (Wildman–Crippen LogP) is 11.9. The maximum absolute atomic E-state index is 15.5. The molecule has 2 aliphatic heterocycles. The van der Waals surface area contributed by atoms with E-state index in [4.69, 9.17) is 24.2 Å². The van der Waals surface area contributed by atoms with Crippen molar-refractivity contribution in [2.45, 2.75) is 167 Å². The highest BCUT2D eigenvalue weighted by Crippen LogP contribution is 2.62. The molecule has 2 N–H and O–H groups in total. The Labute approximate surface area is 408 Å². The van der Waals surface area contributed by atoms with Gasteiger partial charge < -0.3 is 34.2 Å². The molecule has 0 bridgehead atoms. The molecule has 372 valence electrons. The zero-order valence-electron chi connectivity index (χ0n) is 42.0. The number of allylic oxidation sites excluding steroid dienone is 1. The minimum Gasteiger partial charge on any atom is -0.492 e. The molecule has 1 saturated carbocycles. The van der Waals surface area contributed by atoms with Crippen LogP contribution in [0.5, 0.6) is 11.5 Å². The standard InChI is InChI=1S/C58H83N3O7/c1-6-8-9-10-11-12-13-14-15-29-54(64)61(42-45-26-22-25-43-23-16-17-27-47(43)45)53-41-51(59-68-57(3,4)5)49-39-44(24-18-20-35-62)48(28-19-21-36-63)55-50-40-46(65-38-34-60-32-33-60)30-31-52(50)67-58(53,56(49)55)66-37-7-2/h7,16-17,22-23,25-27,30-31,39-40,44,48,53,55-56,62-63H,2,6,8-15,18-21,24,28-29,32-38,41-42H2,1,3-5H3/t44-,48+,53-,55+,56+,58+/m0/s1. The molecular formula is C58H83N3O7. The van der Waals surface area contributed by atoms with E-state index in [2.05, 4.69) is 84.0 Å². The van der Waals surface area contributed by atoms with Crippen LogP contribution in [-0.4, -0.2) is 95.1 Å². The highest BCUT2D eigenvalue weighted by Gasteiger charge is 2.65. The van der Waals surface area contributed by atoms with Crippen molar-refractivity contribution in [1.29, 1.82) is 0 Å². The number of hydrogen-bond donors (Lipinski definition) is 2. The number of benzene rings is 3. The lowest BCUT2D eigenvalue weighted by atomic mass is 9.55. The summed E-state index contributed by atoms with van der Waals surface area (Å²) in [6.45, 7) is 17.0. The van der Waals surface area contributed by atoms with Gasteiger partial charge in [-0.3, -0.25) is 9.69 Å². The molecule has 6 atom stereocenters. The molecule has 10 heteroatoms. The van der Waals surface area contributed by atoms with Crippen LogP contribution in [0.1, 0.15) is 154 Å². The second-order valence-electron chi connectivity index (χ2n) is 20.9. The van der Waals surface area contributed by atoms with Crippen LogP contribution in [0, 0.1) is 17.8 Å². The van der Waals surface area contributed by atoms with Gasteiger partial charge in [0.05, 0.1) is 18.2 Å². The van der Waals surface area contributed by atoms with E-state index < -0.39 is 17.4 Å². The molecule has 0 aromatic heterocycles. The van der Waals surface area contributed by atoms with Gasteiger partial charge in [-0.1, -0.05) is 131 Å². The van der Waals surface area contributed by atoms with E-state index in [0.717, 1.165) is 116 Å². The lowest BCUT2D eigenvalue weighted by Gasteiger charge is -2.60. The molecule has 2 heterocycles. The third-order valence-corrected chi connectivity index (χ3v) is 14.7. The number of aliphatic hydroxyl groups is 2. The highest BCUT2D eigenvalue weighted by atomic mass is 16.7. The molecule has 0 radical (unpaired) electrons. The Morgan fingerprint density at radius 1 is 0.912 bits per heavy atom. The van der Waals surface area contributed by atoms with E-state index >= 15 is 4.79 Å². The van der Waals surface area contributed by atoms with E-state index in [-0.39, 0.29) is 49.4 Å². The van der Waals surface area contributed by atoms with Crippen LogP contribution in [0.4, 0.5) is 0 Å². The first-order chi connectivity index (χ1) is 33.1. The Kier molecular flexibility index (Phi) is 19.0. The fraction of sp³-hybridized carbons (Fsp3) is 0.621. The summed E-state index contributed by atoms with van der Waals surface area (Å²) in [4.78, 5) is 26.3. The third-order valence-electron chi connectivity index (χ3n) is 14.7. The fourth-order valence-electron chi connectivity index (χ4n) is 11.2. The van der Waals surface area contributed by atoms with Crippen molar-refractivity contribution in [2.24, 2.45) is 22.9 Å². The monoisotopic (exact) mass is 934 g/mol. The van der Waals surface area contributed by atoms with Crippen molar-refractivity contribution in [2.75, 3.05) is 46.1 Å². The highest BCUT2D eigenvalue weighted by molar-refractivity contribution is 6.03. The van der Waals surface area contributed by atoms with Gasteiger partial charge in [-0.2, -0.15) is 0 Å². The smallest absolute Gasteiger partial charge is 0.239 e. The van der Waals surface area contributed by atoms with Crippen LogP contribution in [0.25, 0.3) is 10.8 Å². The molecule has 7 rings (SSSR count). The van der Waals surface area contributed by atoms with Gasteiger partial charge >= 0.3 is 0 Å². The molecule has 10 nitrogen and oxygen atoms in total. The summed E-state index contributed by atoms with van der Waals surface area (Å²) in [6.07, 6.45) is 20.4. The van der Waals surface area contributed by atoms with Gasteiger partial charge in [0, 0.05) is 63.7 Å². The fourth-order valence-corrected chi connectivity index (χ4v) is 11.2. The maximum atomic E-state index is 15.5. The first-order valence-corrected chi connectivity index (χ1v) is 26.5. The summed E-state index contributed by atoms with van der Waals surface area (Å²) in [5, 5.41) is 27.4. The number of carbonyl (C=O) groups is 1. The van der Waals surface area contributed by atoms with Crippen LogP contribution >= 0.6 is 0 Å². The number of carbonyl (C=O) groups excluding carboxylic acids is 1. The number of aliphatic hydroxyl groups excluding tert-OH is 2. The third kappa shape index (κ3) is 13.1. The number of unbranched alkanes of at least 4 members (excludes halogenated alkanes) is 10. The summed E-state index contributed by atoms with van der Waals surface area (Å²) in [6, 6.07) is 20.5. The van der Waals surface area contributed by atoms with Crippen LogP contribution in [-0.2, 0) is 20.9 Å².